The zero-order valence-corrected chi connectivity index (χ0v) is 17.6. The van der Waals surface area contributed by atoms with Gasteiger partial charge in [-0.15, -0.1) is 23.5 Å². The Bertz CT molecular complexity index is 915. The van der Waals surface area contributed by atoms with E-state index >= 15 is 0 Å². The van der Waals surface area contributed by atoms with Gasteiger partial charge in [-0.2, -0.15) is 5.26 Å². The van der Waals surface area contributed by atoms with E-state index in [1.165, 1.54) is 29.6 Å². The molecule has 150 valence electrons. The number of amides is 1. The molecule has 7 heteroatoms. The number of carbonyl (C=O) groups excluding carboxylic acids is 1. The molecule has 4 rings (SSSR count). The number of carbonyl (C=O) groups is 1. The first kappa shape index (κ1) is 20.1. The largest absolute Gasteiger partial charge is 0.367 e. The highest BCUT2D eigenvalue weighted by Gasteiger charge is 2.25. The van der Waals surface area contributed by atoms with E-state index in [-0.39, 0.29) is 11.5 Å². The molecule has 0 bridgehead atoms. The van der Waals surface area contributed by atoms with Gasteiger partial charge in [0.15, 0.2) is 0 Å². The third kappa shape index (κ3) is 4.39. The van der Waals surface area contributed by atoms with Crippen LogP contribution >= 0.6 is 23.5 Å². The average Bonchev–Trinajstić information content (AvgIpc) is 2.79. The fourth-order valence-corrected chi connectivity index (χ4v) is 6.58. The molecule has 2 aromatic rings. The van der Waals surface area contributed by atoms with Crippen LogP contribution in [-0.2, 0) is 0 Å². The molecule has 0 saturated carbocycles. The van der Waals surface area contributed by atoms with Crippen LogP contribution < -0.4 is 4.90 Å². The third-order valence-corrected chi connectivity index (χ3v) is 8.28. The van der Waals surface area contributed by atoms with E-state index in [1.54, 1.807) is 12.1 Å². The SMILES string of the molecule is N#Cc1c(F)cccc1N1CCN(C(=O)c2ccc(C3SCCCS3)cc2)CC1. The standard InChI is InChI=1S/C22H22FN3OS2/c23-19-3-1-4-20(18(19)15-24)25-9-11-26(12-10-25)21(27)16-5-7-17(8-6-16)22-28-13-2-14-29-22/h1,3-8,22H,2,9-14H2. The number of nitriles is 1. The van der Waals surface area contributed by atoms with Gasteiger partial charge in [0, 0.05) is 31.7 Å². The quantitative estimate of drug-likeness (QED) is 0.720. The summed E-state index contributed by atoms with van der Waals surface area (Å²) < 4.78 is 14.4. The van der Waals surface area contributed by atoms with E-state index in [0.29, 0.717) is 42.0 Å². The molecule has 29 heavy (non-hydrogen) atoms. The van der Waals surface area contributed by atoms with Crippen LogP contribution in [0.3, 0.4) is 0 Å². The Labute approximate surface area is 179 Å². The maximum atomic E-state index is 13.9. The van der Waals surface area contributed by atoms with Crippen molar-refractivity contribution < 1.29 is 9.18 Å². The number of anilines is 1. The Morgan fingerprint density at radius 1 is 1.03 bits per heavy atom. The second-order valence-corrected chi connectivity index (χ2v) is 9.80. The molecule has 4 nitrogen and oxygen atoms in total. The van der Waals surface area contributed by atoms with Crippen LogP contribution in [0, 0.1) is 17.1 Å². The highest BCUT2D eigenvalue weighted by atomic mass is 32.2. The summed E-state index contributed by atoms with van der Waals surface area (Å²) in [6.45, 7) is 2.27. The van der Waals surface area contributed by atoms with Gasteiger partial charge in [-0.1, -0.05) is 18.2 Å². The van der Waals surface area contributed by atoms with Crippen molar-refractivity contribution in [3.8, 4) is 6.07 Å². The van der Waals surface area contributed by atoms with Crippen LogP contribution in [0.2, 0.25) is 0 Å². The molecule has 0 N–H and O–H groups in total. The Morgan fingerprint density at radius 2 is 1.72 bits per heavy atom. The first-order valence-corrected chi connectivity index (χ1v) is 11.8. The van der Waals surface area contributed by atoms with E-state index in [4.69, 9.17) is 0 Å². The fourth-order valence-electron chi connectivity index (χ4n) is 3.68. The number of thioether (sulfide) groups is 2. The molecule has 0 aromatic heterocycles. The normalized spacial score (nSPS) is 17.8. The molecule has 0 atom stereocenters. The summed E-state index contributed by atoms with van der Waals surface area (Å²) in [5, 5.41) is 9.25. The monoisotopic (exact) mass is 427 g/mol. The fraction of sp³-hybridized carbons (Fsp3) is 0.364. The summed E-state index contributed by atoms with van der Waals surface area (Å²) in [6, 6.07) is 14.6. The number of hydrogen-bond acceptors (Lipinski definition) is 5. The molecule has 0 unspecified atom stereocenters. The van der Waals surface area contributed by atoms with Crippen LogP contribution in [0.4, 0.5) is 10.1 Å². The van der Waals surface area contributed by atoms with Crippen LogP contribution in [0.5, 0.6) is 0 Å². The minimum atomic E-state index is -0.502. The number of rotatable bonds is 3. The number of halogens is 1. The van der Waals surface area contributed by atoms with Gasteiger partial charge < -0.3 is 9.80 Å². The van der Waals surface area contributed by atoms with Gasteiger partial charge in [0.05, 0.1) is 10.3 Å². The Kier molecular flexibility index (Phi) is 6.31. The van der Waals surface area contributed by atoms with E-state index in [0.717, 1.165) is 0 Å². The summed E-state index contributed by atoms with van der Waals surface area (Å²) in [5.74, 6) is 1.92. The first-order chi connectivity index (χ1) is 14.2. The number of hydrogen-bond donors (Lipinski definition) is 0. The molecule has 2 fully saturated rings. The van der Waals surface area contributed by atoms with Crippen molar-refractivity contribution in [2.24, 2.45) is 0 Å². The highest BCUT2D eigenvalue weighted by Crippen LogP contribution is 2.43. The van der Waals surface area contributed by atoms with Crippen molar-refractivity contribution in [1.82, 2.24) is 4.90 Å². The molecule has 2 saturated heterocycles. The van der Waals surface area contributed by atoms with Crippen LogP contribution in [-0.4, -0.2) is 48.5 Å². The van der Waals surface area contributed by atoms with Gasteiger partial charge in [-0.25, -0.2) is 4.39 Å². The summed E-state index contributed by atoms with van der Waals surface area (Å²) >= 11 is 3.95. The van der Waals surface area contributed by atoms with Gasteiger partial charge in [-0.05, 0) is 47.8 Å². The molecule has 0 radical (unpaired) electrons. The smallest absolute Gasteiger partial charge is 0.253 e. The summed E-state index contributed by atoms with van der Waals surface area (Å²) in [4.78, 5) is 16.7. The highest BCUT2D eigenvalue weighted by molar-refractivity contribution is 8.16. The lowest BCUT2D eigenvalue weighted by atomic mass is 10.1. The van der Waals surface area contributed by atoms with Crippen LogP contribution in [0.25, 0.3) is 0 Å². The topological polar surface area (TPSA) is 47.3 Å². The minimum Gasteiger partial charge on any atom is -0.367 e. The van der Waals surface area contributed by atoms with E-state index < -0.39 is 5.82 Å². The molecule has 2 aliphatic heterocycles. The van der Waals surface area contributed by atoms with Crippen molar-refractivity contribution >= 4 is 35.1 Å². The van der Waals surface area contributed by atoms with Crippen molar-refractivity contribution in [2.45, 2.75) is 11.0 Å². The Balaban J connectivity index is 1.39. The van der Waals surface area contributed by atoms with E-state index in [1.807, 2.05) is 51.5 Å². The lowest BCUT2D eigenvalue weighted by Gasteiger charge is -2.36. The molecule has 2 aliphatic rings. The second-order valence-electron chi connectivity index (χ2n) is 7.07. The minimum absolute atomic E-state index is 0.0277. The first-order valence-electron chi connectivity index (χ1n) is 9.73. The maximum Gasteiger partial charge on any atom is 0.253 e. The molecular weight excluding hydrogens is 405 g/mol. The van der Waals surface area contributed by atoms with E-state index in [2.05, 4.69) is 12.1 Å². The molecule has 1 amide bonds. The molecule has 0 spiro atoms. The summed E-state index contributed by atoms with van der Waals surface area (Å²) in [6.07, 6.45) is 1.26. The molecule has 0 aliphatic carbocycles. The van der Waals surface area contributed by atoms with E-state index in [9.17, 15) is 14.4 Å². The van der Waals surface area contributed by atoms with Crippen molar-refractivity contribution in [2.75, 3.05) is 42.6 Å². The predicted octanol–water partition coefficient (Wildman–Crippen LogP) is 4.53. The van der Waals surface area contributed by atoms with Crippen molar-refractivity contribution in [3.63, 3.8) is 0 Å². The Morgan fingerprint density at radius 3 is 2.38 bits per heavy atom. The lowest BCUT2D eigenvalue weighted by Crippen LogP contribution is -2.49. The number of benzene rings is 2. The zero-order chi connectivity index (χ0) is 20.2. The molecule has 2 aromatic carbocycles. The number of nitrogens with zero attached hydrogens (tertiary/aromatic N) is 3. The maximum absolute atomic E-state index is 13.9. The predicted molar refractivity (Wildman–Crippen MR) is 118 cm³/mol. The van der Waals surface area contributed by atoms with Crippen molar-refractivity contribution in [1.29, 1.82) is 5.26 Å². The Hall–Kier alpha value is -2.17. The number of piperazine rings is 1. The van der Waals surface area contributed by atoms with Crippen LogP contribution in [0.1, 0.15) is 32.5 Å². The summed E-state index contributed by atoms with van der Waals surface area (Å²) in [5.41, 5.74) is 2.65. The van der Waals surface area contributed by atoms with Gasteiger partial charge in [-0.3, -0.25) is 4.79 Å². The molecular formula is C22H22FN3OS2. The van der Waals surface area contributed by atoms with Crippen molar-refractivity contribution in [3.05, 3.63) is 65.0 Å². The van der Waals surface area contributed by atoms with Gasteiger partial charge in [0.25, 0.3) is 5.91 Å². The summed E-state index contributed by atoms with van der Waals surface area (Å²) in [7, 11) is 0. The van der Waals surface area contributed by atoms with Crippen LogP contribution in [0.15, 0.2) is 42.5 Å². The molecule has 2 heterocycles. The van der Waals surface area contributed by atoms with Gasteiger partial charge in [0.2, 0.25) is 0 Å². The average molecular weight is 428 g/mol. The van der Waals surface area contributed by atoms with Gasteiger partial charge >= 0.3 is 0 Å². The zero-order valence-electron chi connectivity index (χ0n) is 16.0. The third-order valence-electron chi connectivity index (χ3n) is 5.27. The van der Waals surface area contributed by atoms with Gasteiger partial charge in [0.1, 0.15) is 17.4 Å². The second kappa shape index (κ2) is 9.10. The lowest BCUT2D eigenvalue weighted by molar-refractivity contribution is 0.0746.